The van der Waals surface area contributed by atoms with Crippen molar-refractivity contribution in [2.24, 2.45) is 0 Å². The van der Waals surface area contributed by atoms with Crippen LogP contribution in [0, 0.1) is 0 Å². The minimum Gasteiger partial charge on any atom is -0.391 e. The van der Waals surface area contributed by atoms with Crippen molar-refractivity contribution in [1.82, 2.24) is 0 Å². The van der Waals surface area contributed by atoms with Gasteiger partial charge in [-0.25, -0.2) is 0 Å². The molecule has 2 aromatic carbocycles. The number of aryl methyl sites for hydroxylation is 1. The van der Waals surface area contributed by atoms with Gasteiger partial charge in [-0.2, -0.15) is 0 Å². The Hall–Kier alpha value is -1.64. The molecule has 1 N–H and O–H groups in total. The zero-order valence-corrected chi connectivity index (χ0v) is 13.4. The third-order valence-corrected chi connectivity index (χ3v) is 3.78. The van der Waals surface area contributed by atoms with Crippen molar-refractivity contribution in [3.8, 4) is 11.1 Å². The van der Waals surface area contributed by atoms with E-state index >= 15 is 0 Å². The maximum atomic E-state index is 9.92. The predicted molar refractivity (Wildman–Crippen MR) is 91.9 cm³/mol. The van der Waals surface area contributed by atoms with E-state index in [2.05, 4.69) is 55.5 Å². The van der Waals surface area contributed by atoms with Gasteiger partial charge in [0.25, 0.3) is 0 Å². The van der Waals surface area contributed by atoms with Crippen LogP contribution < -0.4 is 0 Å². The molecule has 1 atom stereocenters. The summed E-state index contributed by atoms with van der Waals surface area (Å²) in [4.78, 5) is 0. The average molecular weight is 298 g/mol. The van der Waals surface area contributed by atoms with Crippen molar-refractivity contribution in [1.29, 1.82) is 0 Å². The van der Waals surface area contributed by atoms with Crippen LogP contribution in [0.15, 0.2) is 54.6 Å². The molecule has 2 heteroatoms. The molecule has 0 radical (unpaired) electrons. The zero-order chi connectivity index (χ0) is 15.6. The van der Waals surface area contributed by atoms with Gasteiger partial charge in [0.2, 0.25) is 0 Å². The van der Waals surface area contributed by atoms with Gasteiger partial charge < -0.3 is 9.84 Å². The summed E-state index contributed by atoms with van der Waals surface area (Å²) in [5, 5.41) is 9.92. The highest BCUT2D eigenvalue weighted by Gasteiger charge is 2.05. The van der Waals surface area contributed by atoms with Crippen LogP contribution >= 0.6 is 0 Å². The molecule has 2 nitrogen and oxygen atoms in total. The Labute approximate surface area is 133 Å². The van der Waals surface area contributed by atoms with Gasteiger partial charge in [0.05, 0.1) is 12.7 Å². The fourth-order valence-electron chi connectivity index (χ4n) is 2.38. The summed E-state index contributed by atoms with van der Waals surface area (Å²) in [6.45, 7) is 3.33. The quantitative estimate of drug-likeness (QED) is 0.692. The molecule has 2 rings (SSSR count). The van der Waals surface area contributed by atoms with Crippen molar-refractivity contribution in [2.45, 2.75) is 38.7 Å². The number of aliphatic hydroxyl groups is 1. The molecule has 0 aliphatic rings. The molecule has 0 heterocycles. The van der Waals surface area contributed by atoms with Crippen LogP contribution in [0.5, 0.6) is 0 Å². The van der Waals surface area contributed by atoms with Crippen molar-refractivity contribution in [3.63, 3.8) is 0 Å². The van der Waals surface area contributed by atoms with Crippen molar-refractivity contribution < 1.29 is 9.84 Å². The van der Waals surface area contributed by atoms with Crippen LogP contribution in [0.4, 0.5) is 0 Å². The second kappa shape index (κ2) is 9.39. The van der Waals surface area contributed by atoms with E-state index in [0.29, 0.717) is 6.61 Å². The second-order valence-corrected chi connectivity index (χ2v) is 5.68. The number of rotatable bonds is 9. The van der Waals surface area contributed by atoms with Gasteiger partial charge in [0.1, 0.15) is 0 Å². The fraction of sp³-hybridized carbons (Fsp3) is 0.400. The standard InChI is InChI=1S/C20H26O2/c1-2-3-15-22-16-20(21)14-11-17-9-12-19(13-10-17)18-7-5-4-6-8-18/h4-10,12-13,20-21H,2-3,11,14-16H2,1H3. The van der Waals surface area contributed by atoms with Crippen LogP contribution in [-0.4, -0.2) is 24.4 Å². The predicted octanol–water partition coefficient (Wildman–Crippen LogP) is 4.46. The van der Waals surface area contributed by atoms with E-state index in [1.807, 2.05) is 6.07 Å². The summed E-state index contributed by atoms with van der Waals surface area (Å²) in [6.07, 6.45) is 3.45. The first-order valence-corrected chi connectivity index (χ1v) is 8.19. The minimum atomic E-state index is -0.370. The molecular weight excluding hydrogens is 272 g/mol. The molecule has 1 unspecified atom stereocenters. The van der Waals surface area contributed by atoms with Crippen LogP contribution in [0.1, 0.15) is 31.7 Å². The van der Waals surface area contributed by atoms with E-state index in [9.17, 15) is 5.11 Å². The number of hydrogen-bond acceptors (Lipinski definition) is 2. The number of unbranched alkanes of at least 4 members (excludes halogenated alkanes) is 1. The normalized spacial score (nSPS) is 12.3. The van der Waals surface area contributed by atoms with E-state index < -0.39 is 0 Å². The van der Waals surface area contributed by atoms with Gasteiger partial charge in [-0.3, -0.25) is 0 Å². The van der Waals surface area contributed by atoms with Gasteiger partial charge in [-0.05, 0) is 36.0 Å². The van der Waals surface area contributed by atoms with Gasteiger partial charge in [-0.1, -0.05) is 67.9 Å². The van der Waals surface area contributed by atoms with Crippen LogP contribution in [0.25, 0.3) is 11.1 Å². The Morgan fingerprint density at radius 1 is 0.955 bits per heavy atom. The highest BCUT2D eigenvalue weighted by atomic mass is 16.5. The summed E-state index contributed by atoms with van der Waals surface area (Å²) >= 11 is 0. The largest absolute Gasteiger partial charge is 0.391 e. The molecular formula is C20H26O2. The molecule has 0 spiro atoms. The highest BCUT2D eigenvalue weighted by molar-refractivity contribution is 5.63. The van der Waals surface area contributed by atoms with Gasteiger partial charge >= 0.3 is 0 Å². The Bertz CT molecular complexity index is 519. The van der Waals surface area contributed by atoms with Crippen LogP contribution in [0.3, 0.4) is 0 Å². The molecule has 0 aliphatic carbocycles. The first kappa shape index (κ1) is 16.7. The fourth-order valence-corrected chi connectivity index (χ4v) is 2.38. The number of ether oxygens (including phenoxy) is 1. The number of hydrogen-bond donors (Lipinski definition) is 1. The van der Waals surface area contributed by atoms with E-state index in [-0.39, 0.29) is 6.10 Å². The minimum absolute atomic E-state index is 0.370. The molecule has 0 saturated heterocycles. The van der Waals surface area contributed by atoms with Crippen LogP contribution in [-0.2, 0) is 11.2 Å². The lowest BCUT2D eigenvalue weighted by Crippen LogP contribution is -2.16. The lowest BCUT2D eigenvalue weighted by molar-refractivity contribution is 0.0317. The third-order valence-electron chi connectivity index (χ3n) is 3.78. The topological polar surface area (TPSA) is 29.5 Å². The maximum absolute atomic E-state index is 9.92. The van der Waals surface area contributed by atoms with Gasteiger partial charge in [-0.15, -0.1) is 0 Å². The maximum Gasteiger partial charge on any atom is 0.0776 e. The summed E-state index contributed by atoms with van der Waals surface area (Å²) in [5.41, 5.74) is 3.72. The first-order chi connectivity index (χ1) is 10.8. The summed E-state index contributed by atoms with van der Waals surface area (Å²) in [5.74, 6) is 0. The Balaban J connectivity index is 1.77. The Kier molecular flexibility index (Phi) is 7.14. The molecule has 0 bridgehead atoms. The van der Waals surface area contributed by atoms with E-state index in [1.54, 1.807) is 0 Å². The lowest BCUT2D eigenvalue weighted by atomic mass is 10.0. The van der Waals surface area contributed by atoms with Gasteiger partial charge in [0.15, 0.2) is 0 Å². The summed E-state index contributed by atoms with van der Waals surface area (Å²) in [6, 6.07) is 19.0. The van der Waals surface area contributed by atoms with E-state index in [1.165, 1.54) is 16.7 Å². The summed E-state index contributed by atoms with van der Waals surface area (Å²) in [7, 11) is 0. The number of aliphatic hydroxyl groups excluding tert-OH is 1. The van der Waals surface area contributed by atoms with Crippen LogP contribution in [0.2, 0.25) is 0 Å². The van der Waals surface area contributed by atoms with Crippen molar-refractivity contribution in [3.05, 3.63) is 60.2 Å². The highest BCUT2D eigenvalue weighted by Crippen LogP contribution is 2.19. The molecule has 0 aromatic heterocycles. The molecule has 2 aromatic rings. The van der Waals surface area contributed by atoms with Crippen molar-refractivity contribution >= 4 is 0 Å². The Morgan fingerprint density at radius 3 is 2.32 bits per heavy atom. The second-order valence-electron chi connectivity index (χ2n) is 5.68. The first-order valence-electron chi connectivity index (χ1n) is 8.19. The molecule has 118 valence electrons. The smallest absolute Gasteiger partial charge is 0.0776 e. The molecule has 0 saturated carbocycles. The molecule has 0 aliphatic heterocycles. The average Bonchev–Trinajstić information content (AvgIpc) is 2.58. The van der Waals surface area contributed by atoms with E-state index in [0.717, 1.165) is 32.3 Å². The third kappa shape index (κ3) is 5.63. The van der Waals surface area contributed by atoms with Crippen molar-refractivity contribution in [2.75, 3.05) is 13.2 Å². The Morgan fingerprint density at radius 2 is 1.64 bits per heavy atom. The molecule has 22 heavy (non-hydrogen) atoms. The lowest BCUT2D eigenvalue weighted by Gasteiger charge is -2.11. The SMILES string of the molecule is CCCCOCC(O)CCc1ccc(-c2ccccc2)cc1. The molecule has 0 fully saturated rings. The monoisotopic (exact) mass is 298 g/mol. The molecule has 0 amide bonds. The zero-order valence-electron chi connectivity index (χ0n) is 13.4. The number of benzene rings is 2. The van der Waals surface area contributed by atoms with E-state index in [4.69, 9.17) is 4.74 Å². The summed E-state index contributed by atoms with van der Waals surface area (Å²) < 4.78 is 5.45. The van der Waals surface area contributed by atoms with Gasteiger partial charge in [0, 0.05) is 6.61 Å².